The molecule has 1 fully saturated rings. The second-order valence-electron chi connectivity index (χ2n) is 3.94. The Balaban J connectivity index is 2.17. The van der Waals surface area contributed by atoms with Gasteiger partial charge in [0, 0.05) is 6.07 Å². The minimum absolute atomic E-state index is 0.343. The Hall–Kier alpha value is -1.16. The molecule has 1 aromatic rings. The van der Waals surface area contributed by atoms with Gasteiger partial charge in [-0.05, 0) is 25.8 Å². The Kier molecular flexibility index (Phi) is 3.16. The molecule has 0 aromatic carbocycles. The van der Waals surface area contributed by atoms with E-state index in [2.05, 4.69) is 15.3 Å². The largest absolute Gasteiger partial charge is 0.481 e. The van der Waals surface area contributed by atoms with Crippen molar-refractivity contribution in [3.8, 4) is 5.88 Å². The lowest BCUT2D eigenvalue weighted by Crippen LogP contribution is -2.30. The number of nitrogens with zero attached hydrogens (tertiary/aromatic N) is 2. The van der Waals surface area contributed by atoms with Crippen LogP contribution in [0.3, 0.4) is 0 Å². The quantitative estimate of drug-likeness (QED) is 0.813. The highest BCUT2D eigenvalue weighted by Crippen LogP contribution is 2.37. The Labute approximate surface area is 90.1 Å². The molecule has 2 rings (SSSR count). The third kappa shape index (κ3) is 2.09. The highest BCUT2D eigenvalue weighted by Gasteiger charge is 2.28. The number of hydrogen-bond donors (Lipinski definition) is 1. The van der Waals surface area contributed by atoms with Crippen LogP contribution in [0.15, 0.2) is 12.4 Å². The first-order valence-electron chi connectivity index (χ1n) is 5.38. The zero-order chi connectivity index (χ0) is 10.7. The van der Waals surface area contributed by atoms with Crippen LogP contribution in [0.25, 0.3) is 0 Å². The summed E-state index contributed by atoms with van der Waals surface area (Å²) in [6.45, 7) is 0. The van der Waals surface area contributed by atoms with E-state index in [1.807, 2.05) is 13.1 Å². The van der Waals surface area contributed by atoms with Crippen molar-refractivity contribution < 1.29 is 4.74 Å². The van der Waals surface area contributed by atoms with Gasteiger partial charge in [0.05, 0.1) is 18.8 Å². The van der Waals surface area contributed by atoms with Crippen molar-refractivity contribution in [3.05, 3.63) is 18.1 Å². The smallest absolute Gasteiger partial charge is 0.216 e. The molecule has 1 unspecified atom stereocenters. The summed E-state index contributed by atoms with van der Waals surface area (Å²) < 4.78 is 5.10. The van der Waals surface area contributed by atoms with Gasteiger partial charge < -0.3 is 10.1 Å². The summed E-state index contributed by atoms with van der Waals surface area (Å²) in [5.41, 5.74) is 1.04. The Morgan fingerprint density at radius 1 is 1.47 bits per heavy atom. The summed E-state index contributed by atoms with van der Waals surface area (Å²) in [5.74, 6) is 1.36. The molecule has 15 heavy (non-hydrogen) atoms. The Bertz CT molecular complexity index is 325. The van der Waals surface area contributed by atoms with Crippen LogP contribution in [0.1, 0.15) is 31.0 Å². The van der Waals surface area contributed by atoms with Crippen LogP contribution in [0, 0.1) is 5.92 Å². The van der Waals surface area contributed by atoms with Crippen LogP contribution in [0.2, 0.25) is 0 Å². The fourth-order valence-electron chi connectivity index (χ4n) is 2.03. The first-order chi connectivity index (χ1) is 7.35. The summed E-state index contributed by atoms with van der Waals surface area (Å²) in [7, 11) is 3.61. The first-order valence-corrected chi connectivity index (χ1v) is 5.38. The molecule has 0 radical (unpaired) electrons. The molecule has 1 aromatic heterocycles. The van der Waals surface area contributed by atoms with Gasteiger partial charge in [-0.2, -0.15) is 0 Å². The van der Waals surface area contributed by atoms with Gasteiger partial charge in [-0.1, -0.05) is 6.42 Å². The van der Waals surface area contributed by atoms with E-state index in [1.54, 1.807) is 13.4 Å². The molecule has 1 aliphatic carbocycles. The van der Waals surface area contributed by atoms with E-state index in [1.165, 1.54) is 19.3 Å². The van der Waals surface area contributed by atoms with Crippen molar-refractivity contribution in [1.29, 1.82) is 0 Å². The third-order valence-corrected chi connectivity index (χ3v) is 3.12. The monoisotopic (exact) mass is 207 g/mol. The average molecular weight is 207 g/mol. The van der Waals surface area contributed by atoms with Gasteiger partial charge >= 0.3 is 0 Å². The van der Waals surface area contributed by atoms with E-state index < -0.39 is 0 Å². The number of aromatic nitrogens is 2. The van der Waals surface area contributed by atoms with Gasteiger partial charge in [-0.25, -0.2) is 9.97 Å². The molecule has 0 amide bonds. The maximum atomic E-state index is 5.10. The minimum Gasteiger partial charge on any atom is -0.481 e. The molecule has 0 aliphatic heterocycles. The van der Waals surface area contributed by atoms with Crippen LogP contribution < -0.4 is 10.1 Å². The van der Waals surface area contributed by atoms with Crippen LogP contribution in [-0.2, 0) is 0 Å². The van der Waals surface area contributed by atoms with Crippen LogP contribution in [0.5, 0.6) is 5.88 Å². The van der Waals surface area contributed by atoms with Crippen molar-refractivity contribution in [2.45, 2.75) is 25.3 Å². The molecule has 1 saturated carbocycles. The molecule has 4 nitrogen and oxygen atoms in total. The predicted octanol–water partition coefficient (Wildman–Crippen LogP) is 1.55. The lowest BCUT2D eigenvalue weighted by atomic mass is 9.78. The van der Waals surface area contributed by atoms with Gasteiger partial charge in [-0.15, -0.1) is 0 Å². The third-order valence-electron chi connectivity index (χ3n) is 3.12. The van der Waals surface area contributed by atoms with Crippen LogP contribution >= 0.6 is 0 Å². The minimum atomic E-state index is 0.343. The number of methoxy groups -OCH3 is 1. The van der Waals surface area contributed by atoms with Crippen molar-refractivity contribution in [1.82, 2.24) is 15.3 Å². The van der Waals surface area contributed by atoms with Gasteiger partial charge in [0.2, 0.25) is 5.88 Å². The molecule has 0 spiro atoms. The second-order valence-corrected chi connectivity index (χ2v) is 3.94. The zero-order valence-electron chi connectivity index (χ0n) is 9.23. The summed E-state index contributed by atoms with van der Waals surface area (Å²) in [6, 6.07) is 2.26. The molecule has 1 N–H and O–H groups in total. The van der Waals surface area contributed by atoms with E-state index in [4.69, 9.17) is 4.74 Å². The highest BCUT2D eigenvalue weighted by atomic mass is 16.5. The SMILES string of the molecule is CNC(c1cc(OC)ncn1)C1CCC1. The summed E-state index contributed by atoms with van der Waals surface area (Å²) in [6.07, 6.45) is 5.48. The number of ether oxygens (including phenoxy) is 1. The standard InChI is InChI=1S/C11H17N3O/c1-12-11(8-4-3-5-8)9-6-10(15-2)14-7-13-9/h6-8,11-12H,3-5H2,1-2H3. The van der Waals surface area contributed by atoms with E-state index in [9.17, 15) is 0 Å². The highest BCUT2D eigenvalue weighted by molar-refractivity contribution is 5.17. The maximum Gasteiger partial charge on any atom is 0.216 e. The average Bonchev–Trinajstić information content (AvgIpc) is 2.23. The molecular formula is C11H17N3O. The molecular weight excluding hydrogens is 190 g/mol. The van der Waals surface area contributed by atoms with Crippen molar-refractivity contribution in [3.63, 3.8) is 0 Å². The molecule has 0 saturated heterocycles. The van der Waals surface area contributed by atoms with E-state index in [0.29, 0.717) is 11.9 Å². The summed E-state index contributed by atoms with van der Waals surface area (Å²) in [4.78, 5) is 8.32. The number of nitrogens with one attached hydrogen (secondary N) is 1. The van der Waals surface area contributed by atoms with E-state index >= 15 is 0 Å². The molecule has 82 valence electrons. The number of rotatable bonds is 4. The van der Waals surface area contributed by atoms with Gasteiger partial charge in [0.25, 0.3) is 0 Å². The molecule has 1 atom stereocenters. The van der Waals surface area contributed by atoms with Crippen LogP contribution in [-0.4, -0.2) is 24.1 Å². The Morgan fingerprint density at radius 2 is 2.27 bits per heavy atom. The molecule has 1 heterocycles. The molecule has 0 bridgehead atoms. The number of hydrogen-bond acceptors (Lipinski definition) is 4. The molecule has 4 heteroatoms. The normalized spacial score (nSPS) is 18.3. The zero-order valence-corrected chi connectivity index (χ0v) is 9.23. The van der Waals surface area contributed by atoms with Gasteiger partial charge in [0.1, 0.15) is 6.33 Å². The summed E-state index contributed by atoms with van der Waals surface area (Å²) >= 11 is 0. The maximum absolute atomic E-state index is 5.10. The topological polar surface area (TPSA) is 47.0 Å². The second kappa shape index (κ2) is 4.57. The summed E-state index contributed by atoms with van der Waals surface area (Å²) in [5, 5.41) is 3.33. The first kappa shape index (κ1) is 10.4. The fraction of sp³-hybridized carbons (Fsp3) is 0.636. The van der Waals surface area contributed by atoms with Gasteiger partial charge in [-0.3, -0.25) is 0 Å². The van der Waals surface area contributed by atoms with Crippen molar-refractivity contribution in [2.24, 2.45) is 5.92 Å². The van der Waals surface area contributed by atoms with Crippen molar-refractivity contribution >= 4 is 0 Å². The fourth-order valence-corrected chi connectivity index (χ4v) is 2.03. The lowest BCUT2D eigenvalue weighted by Gasteiger charge is -2.33. The van der Waals surface area contributed by atoms with Gasteiger partial charge in [0.15, 0.2) is 0 Å². The molecule has 1 aliphatic rings. The Morgan fingerprint density at radius 3 is 2.80 bits per heavy atom. The predicted molar refractivity (Wildman–Crippen MR) is 57.7 cm³/mol. The van der Waals surface area contributed by atoms with Crippen molar-refractivity contribution in [2.75, 3.05) is 14.2 Å². The van der Waals surface area contributed by atoms with E-state index in [-0.39, 0.29) is 0 Å². The lowest BCUT2D eigenvalue weighted by molar-refractivity contribution is 0.235. The van der Waals surface area contributed by atoms with E-state index in [0.717, 1.165) is 11.6 Å². The van der Waals surface area contributed by atoms with Crippen LogP contribution in [0.4, 0.5) is 0 Å².